The number of hydrogen-bond donors (Lipinski definition) is 0. The number of aromatic nitrogens is 5. The first kappa shape index (κ1) is 15.9. The van der Waals surface area contributed by atoms with Gasteiger partial charge in [0.25, 0.3) is 0 Å². The number of carbonyl (C=O) groups excluding carboxylic acids is 1. The molecule has 9 nitrogen and oxygen atoms in total. The Balaban J connectivity index is 1.76. The summed E-state index contributed by atoms with van der Waals surface area (Å²) in [5, 5.41) is 11.2. The predicted molar refractivity (Wildman–Crippen MR) is 83.1 cm³/mol. The lowest BCUT2D eigenvalue weighted by atomic mass is 10.3. The van der Waals surface area contributed by atoms with Crippen LogP contribution in [-0.4, -0.2) is 30.7 Å². The van der Waals surface area contributed by atoms with Crippen LogP contribution in [0.15, 0.2) is 33.5 Å². The van der Waals surface area contributed by atoms with Crippen molar-refractivity contribution >= 4 is 17.1 Å². The zero-order chi connectivity index (χ0) is 17.1. The van der Waals surface area contributed by atoms with Crippen molar-refractivity contribution in [2.75, 3.05) is 0 Å². The molecule has 1 unspecified atom stereocenters. The number of oxazole rings is 1. The highest BCUT2D eigenvalue weighted by Crippen LogP contribution is 2.17. The number of carbonyl (C=O) groups is 1. The number of nitrogens with zero attached hydrogens (tertiary/aromatic N) is 5. The third-order valence-electron chi connectivity index (χ3n) is 3.63. The molecule has 126 valence electrons. The van der Waals surface area contributed by atoms with Crippen molar-refractivity contribution in [1.82, 2.24) is 24.8 Å². The van der Waals surface area contributed by atoms with E-state index in [-0.39, 0.29) is 6.61 Å². The summed E-state index contributed by atoms with van der Waals surface area (Å²) in [7, 11) is 0. The first-order chi connectivity index (χ1) is 11.6. The van der Waals surface area contributed by atoms with Crippen molar-refractivity contribution in [3.05, 3.63) is 40.6 Å². The van der Waals surface area contributed by atoms with Crippen molar-refractivity contribution in [3.8, 4) is 0 Å². The van der Waals surface area contributed by atoms with E-state index in [1.807, 2.05) is 6.92 Å². The number of fused-ring (bicyclic) bond motifs is 1. The monoisotopic (exact) mass is 331 g/mol. The lowest BCUT2D eigenvalue weighted by molar-refractivity contribution is -0.148. The molecule has 0 fully saturated rings. The number of aryl methyl sites for hydroxylation is 1. The van der Waals surface area contributed by atoms with E-state index >= 15 is 0 Å². The number of hydrogen-bond acceptors (Lipinski definition) is 7. The lowest BCUT2D eigenvalue weighted by Gasteiger charge is -2.12. The summed E-state index contributed by atoms with van der Waals surface area (Å²) in [5.74, 6) is -0.701. The fraction of sp³-hybridized carbons (Fsp3) is 0.400. The molecule has 0 amide bonds. The smallest absolute Gasteiger partial charge is 0.420 e. The summed E-state index contributed by atoms with van der Waals surface area (Å²) < 4.78 is 13.2. The van der Waals surface area contributed by atoms with Gasteiger partial charge in [-0.25, -0.2) is 14.3 Å². The molecule has 0 N–H and O–H groups in total. The minimum Gasteiger partial charge on any atom is -0.456 e. The molecule has 1 aromatic carbocycles. The Labute approximate surface area is 136 Å². The second kappa shape index (κ2) is 6.65. The molecule has 0 spiro atoms. The molecule has 0 saturated carbocycles. The summed E-state index contributed by atoms with van der Waals surface area (Å²) in [6.07, 6.45) is 0.860. The molecule has 3 rings (SSSR count). The zero-order valence-electron chi connectivity index (χ0n) is 13.4. The Morgan fingerprint density at radius 3 is 2.96 bits per heavy atom. The first-order valence-electron chi connectivity index (χ1n) is 7.63. The predicted octanol–water partition coefficient (Wildman–Crippen LogP) is 1.30. The largest absolute Gasteiger partial charge is 0.456 e. The average Bonchev–Trinajstić information content (AvgIpc) is 3.15. The fourth-order valence-corrected chi connectivity index (χ4v) is 2.42. The maximum absolute atomic E-state index is 12.3. The van der Waals surface area contributed by atoms with E-state index in [1.165, 1.54) is 4.57 Å². The minimum atomic E-state index is -0.823. The van der Waals surface area contributed by atoms with Crippen LogP contribution in [0, 0.1) is 0 Å². The topological polar surface area (TPSA) is 105 Å². The molecule has 3 aromatic rings. The van der Waals surface area contributed by atoms with E-state index in [0.717, 1.165) is 6.42 Å². The summed E-state index contributed by atoms with van der Waals surface area (Å²) in [4.78, 5) is 24.3. The third-order valence-corrected chi connectivity index (χ3v) is 3.63. The summed E-state index contributed by atoms with van der Waals surface area (Å²) in [6.45, 7) is 4.17. The molecule has 2 aromatic heterocycles. The van der Waals surface area contributed by atoms with Gasteiger partial charge in [-0.05, 0) is 35.9 Å². The molecule has 2 heterocycles. The normalized spacial score (nSPS) is 12.4. The highest BCUT2D eigenvalue weighted by atomic mass is 16.5. The van der Waals surface area contributed by atoms with Gasteiger partial charge in [0.15, 0.2) is 18.0 Å². The van der Waals surface area contributed by atoms with Crippen LogP contribution in [0.5, 0.6) is 0 Å². The standard InChI is InChI=1S/C15H17N5O4/c1-3-8-19-13(16-17-18-19)9-23-14(21)10(2)20-11-6-4-5-7-12(11)24-15(20)22/h4-7,10H,3,8-9H2,1-2H3. The average molecular weight is 331 g/mol. The van der Waals surface area contributed by atoms with E-state index in [9.17, 15) is 9.59 Å². The highest BCUT2D eigenvalue weighted by molar-refractivity contribution is 5.79. The summed E-state index contributed by atoms with van der Waals surface area (Å²) in [6, 6.07) is 6.09. The Kier molecular flexibility index (Phi) is 4.41. The van der Waals surface area contributed by atoms with Crippen molar-refractivity contribution in [3.63, 3.8) is 0 Å². The molecule has 0 saturated heterocycles. The van der Waals surface area contributed by atoms with Gasteiger partial charge in [-0.1, -0.05) is 19.1 Å². The maximum Gasteiger partial charge on any atom is 0.420 e. The van der Waals surface area contributed by atoms with Crippen molar-refractivity contribution in [2.24, 2.45) is 0 Å². The van der Waals surface area contributed by atoms with Crippen LogP contribution in [-0.2, 0) is 22.7 Å². The van der Waals surface area contributed by atoms with E-state index in [1.54, 1.807) is 35.9 Å². The van der Waals surface area contributed by atoms with E-state index in [0.29, 0.717) is 23.5 Å². The second-order valence-corrected chi connectivity index (χ2v) is 5.31. The summed E-state index contributed by atoms with van der Waals surface area (Å²) >= 11 is 0. The van der Waals surface area contributed by atoms with Crippen molar-refractivity contribution in [2.45, 2.75) is 39.5 Å². The van der Waals surface area contributed by atoms with Gasteiger partial charge in [0, 0.05) is 6.54 Å². The number of rotatable bonds is 6. The Morgan fingerprint density at radius 1 is 1.38 bits per heavy atom. The van der Waals surface area contributed by atoms with Crippen molar-refractivity contribution in [1.29, 1.82) is 0 Å². The van der Waals surface area contributed by atoms with Crippen LogP contribution >= 0.6 is 0 Å². The quantitative estimate of drug-likeness (QED) is 0.627. The number of esters is 1. The molecular weight excluding hydrogens is 314 g/mol. The molecule has 0 radical (unpaired) electrons. The van der Waals surface area contributed by atoms with Gasteiger partial charge in [-0.2, -0.15) is 0 Å². The first-order valence-corrected chi connectivity index (χ1v) is 7.63. The van der Waals surface area contributed by atoms with Gasteiger partial charge < -0.3 is 9.15 Å². The molecule has 0 aliphatic heterocycles. The molecule has 0 bridgehead atoms. The van der Waals surface area contributed by atoms with Crippen LogP contribution in [0.2, 0.25) is 0 Å². The van der Waals surface area contributed by atoms with E-state index in [2.05, 4.69) is 15.5 Å². The van der Waals surface area contributed by atoms with Crippen LogP contribution in [0.25, 0.3) is 11.1 Å². The lowest BCUT2D eigenvalue weighted by Crippen LogP contribution is -2.26. The van der Waals surface area contributed by atoms with Gasteiger partial charge in [0.2, 0.25) is 0 Å². The van der Waals surface area contributed by atoms with E-state index < -0.39 is 17.8 Å². The summed E-state index contributed by atoms with van der Waals surface area (Å²) in [5.41, 5.74) is 0.969. The van der Waals surface area contributed by atoms with Gasteiger partial charge in [-0.15, -0.1) is 5.10 Å². The van der Waals surface area contributed by atoms with Crippen LogP contribution in [0.4, 0.5) is 0 Å². The Bertz CT molecular complexity index is 910. The molecular formula is C15H17N5O4. The molecule has 24 heavy (non-hydrogen) atoms. The number of benzene rings is 1. The Morgan fingerprint density at radius 2 is 2.17 bits per heavy atom. The van der Waals surface area contributed by atoms with Gasteiger partial charge in [-0.3, -0.25) is 4.57 Å². The zero-order valence-corrected chi connectivity index (χ0v) is 13.4. The van der Waals surface area contributed by atoms with Gasteiger partial charge in [0.05, 0.1) is 5.52 Å². The SMILES string of the molecule is CCCn1nnnc1COC(=O)C(C)n1c(=O)oc2ccccc21. The van der Waals surface area contributed by atoms with Crippen LogP contribution < -0.4 is 5.76 Å². The van der Waals surface area contributed by atoms with Crippen molar-refractivity contribution < 1.29 is 13.9 Å². The minimum absolute atomic E-state index is 0.0549. The molecule has 9 heteroatoms. The van der Waals surface area contributed by atoms with Gasteiger partial charge >= 0.3 is 11.7 Å². The molecule has 0 aliphatic carbocycles. The number of tetrazole rings is 1. The highest BCUT2D eigenvalue weighted by Gasteiger charge is 2.23. The number of para-hydroxylation sites is 2. The Hall–Kier alpha value is -2.97. The molecule has 1 atom stereocenters. The van der Waals surface area contributed by atoms with Crippen LogP contribution in [0.3, 0.4) is 0 Å². The van der Waals surface area contributed by atoms with Gasteiger partial charge in [0.1, 0.15) is 6.04 Å². The third kappa shape index (κ3) is 2.92. The van der Waals surface area contributed by atoms with E-state index in [4.69, 9.17) is 9.15 Å². The fourth-order valence-electron chi connectivity index (χ4n) is 2.42. The number of ether oxygens (including phenoxy) is 1. The second-order valence-electron chi connectivity index (χ2n) is 5.31. The molecule has 0 aliphatic rings. The van der Waals surface area contributed by atoms with Crippen LogP contribution in [0.1, 0.15) is 32.1 Å². The maximum atomic E-state index is 12.3.